The van der Waals surface area contributed by atoms with Crippen LogP contribution in [-0.2, 0) is 13.1 Å². The standard InChI is InChI=1S/C17H20N2O2/c1-13-5-3-4-6-15(13)12-19-17(20)18-11-14-7-9-16(21-2)10-8-14/h3-10H,11-12H2,1-2H3,(H2,18,19,20). The molecule has 0 aromatic heterocycles. The summed E-state index contributed by atoms with van der Waals surface area (Å²) >= 11 is 0. The highest BCUT2D eigenvalue weighted by molar-refractivity contribution is 5.73. The molecule has 2 amide bonds. The molecular weight excluding hydrogens is 264 g/mol. The molecule has 0 aliphatic heterocycles. The Labute approximate surface area is 125 Å². The van der Waals surface area contributed by atoms with Crippen LogP contribution in [0.25, 0.3) is 0 Å². The van der Waals surface area contributed by atoms with Gasteiger partial charge in [-0.05, 0) is 35.7 Å². The second-order valence-electron chi connectivity index (χ2n) is 4.81. The predicted octanol–water partition coefficient (Wildman–Crippen LogP) is 3.00. The summed E-state index contributed by atoms with van der Waals surface area (Å²) in [6.07, 6.45) is 0. The van der Waals surface area contributed by atoms with E-state index >= 15 is 0 Å². The molecule has 0 aliphatic rings. The molecule has 4 nitrogen and oxygen atoms in total. The molecule has 2 rings (SSSR count). The van der Waals surface area contributed by atoms with E-state index in [4.69, 9.17) is 4.74 Å². The van der Waals surface area contributed by atoms with Crippen LogP contribution in [0.15, 0.2) is 48.5 Å². The highest BCUT2D eigenvalue weighted by atomic mass is 16.5. The second kappa shape index (κ2) is 7.33. The van der Waals surface area contributed by atoms with Gasteiger partial charge in [-0.1, -0.05) is 36.4 Å². The number of rotatable bonds is 5. The summed E-state index contributed by atoms with van der Waals surface area (Å²) in [5.41, 5.74) is 3.33. The van der Waals surface area contributed by atoms with Crippen molar-refractivity contribution in [3.8, 4) is 5.75 Å². The van der Waals surface area contributed by atoms with Gasteiger partial charge in [0.1, 0.15) is 5.75 Å². The summed E-state index contributed by atoms with van der Waals surface area (Å²) in [4.78, 5) is 11.8. The number of aryl methyl sites for hydroxylation is 1. The van der Waals surface area contributed by atoms with Gasteiger partial charge < -0.3 is 15.4 Å². The fraction of sp³-hybridized carbons (Fsp3) is 0.235. The normalized spacial score (nSPS) is 10.0. The summed E-state index contributed by atoms with van der Waals surface area (Å²) < 4.78 is 5.09. The van der Waals surface area contributed by atoms with Crippen LogP contribution in [0.5, 0.6) is 5.75 Å². The van der Waals surface area contributed by atoms with E-state index < -0.39 is 0 Å². The third kappa shape index (κ3) is 4.53. The smallest absolute Gasteiger partial charge is 0.315 e. The van der Waals surface area contributed by atoms with E-state index in [0.29, 0.717) is 13.1 Å². The number of amides is 2. The Morgan fingerprint density at radius 1 is 1.00 bits per heavy atom. The van der Waals surface area contributed by atoms with Crippen LogP contribution < -0.4 is 15.4 Å². The Kier molecular flexibility index (Phi) is 5.21. The van der Waals surface area contributed by atoms with E-state index in [1.807, 2.05) is 55.5 Å². The van der Waals surface area contributed by atoms with Crippen LogP contribution in [0.2, 0.25) is 0 Å². The molecule has 0 unspecified atom stereocenters. The number of urea groups is 1. The van der Waals surface area contributed by atoms with Crippen molar-refractivity contribution in [2.45, 2.75) is 20.0 Å². The number of carbonyl (C=O) groups excluding carboxylic acids is 1. The molecule has 0 spiro atoms. The minimum atomic E-state index is -0.172. The monoisotopic (exact) mass is 284 g/mol. The molecule has 2 aromatic carbocycles. The Hall–Kier alpha value is -2.49. The van der Waals surface area contributed by atoms with Gasteiger partial charge in [-0.25, -0.2) is 4.79 Å². The molecule has 0 heterocycles. The van der Waals surface area contributed by atoms with Crippen LogP contribution >= 0.6 is 0 Å². The van der Waals surface area contributed by atoms with Gasteiger partial charge in [0.2, 0.25) is 0 Å². The molecule has 21 heavy (non-hydrogen) atoms. The molecule has 110 valence electrons. The maximum Gasteiger partial charge on any atom is 0.315 e. The Balaban J connectivity index is 1.78. The zero-order valence-electron chi connectivity index (χ0n) is 12.3. The zero-order valence-corrected chi connectivity index (χ0v) is 12.3. The number of carbonyl (C=O) groups is 1. The predicted molar refractivity (Wildman–Crippen MR) is 83.2 cm³/mol. The Morgan fingerprint density at radius 2 is 1.67 bits per heavy atom. The summed E-state index contributed by atoms with van der Waals surface area (Å²) in [5.74, 6) is 0.808. The van der Waals surface area contributed by atoms with Crippen molar-refractivity contribution in [3.05, 3.63) is 65.2 Å². The molecule has 0 fully saturated rings. The van der Waals surface area contributed by atoms with E-state index in [1.54, 1.807) is 7.11 Å². The first-order valence-corrected chi connectivity index (χ1v) is 6.88. The van der Waals surface area contributed by atoms with Gasteiger partial charge in [-0.3, -0.25) is 0 Å². The molecular formula is C17H20N2O2. The SMILES string of the molecule is COc1ccc(CNC(=O)NCc2ccccc2C)cc1. The van der Waals surface area contributed by atoms with Crippen molar-refractivity contribution >= 4 is 6.03 Å². The van der Waals surface area contributed by atoms with E-state index in [2.05, 4.69) is 10.6 Å². The molecule has 2 aromatic rings. The highest BCUT2D eigenvalue weighted by Gasteiger charge is 2.02. The molecule has 0 aliphatic carbocycles. The Bertz CT molecular complexity index is 594. The summed E-state index contributed by atoms with van der Waals surface area (Å²) in [5, 5.41) is 5.69. The third-order valence-corrected chi connectivity index (χ3v) is 3.31. The van der Waals surface area contributed by atoms with Gasteiger partial charge >= 0.3 is 6.03 Å². The lowest BCUT2D eigenvalue weighted by Gasteiger charge is -2.09. The van der Waals surface area contributed by atoms with Crippen LogP contribution in [0.1, 0.15) is 16.7 Å². The van der Waals surface area contributed by atoms with Gasteiger partial charge in [-0.15, -0.1) is 0 Å². The minimum Gasteiger partial charge on any atom is -0.497 e. The number of methoxy groups -OCH3 is 1. The fourth-order valence-electron chi connectivity index (χ4n) is 1.97. The molecule has 0 saturated carbocycles. The van der Waals surface area contributed by atoms with Gasteiger partial charge in [-0.2, -0.15) is 0 Å². The average Bonchev–Trinajstić information content (AvgIpc) is 2.52. The van der Waals surface area contributed by atoms with Crippen LogP contribution in [0.3, 0.4) is 0 Å². The van der Waals surface area contributed by atoms with E-state index in [-0.39, 0.29) is 6.03 Å². The highest BCUT2D eigenvalue weighted by Crippen LogP contribution is 2.11. The zero-order chi connectivity index (χ0) is 15.1. The minimum absolute atomic E-state index is 0.172. The van der Waals surface area contributed by atoms with Gasteiger partial charge in [0.25, 0.3) is 0 Å². The molecule has 0 bridgehead atoms. The molecule has 2 N–H and O–H groups in total. The topological polar surface area (TPSA) is 50.4 Å². The van der Waals surface area contributed by atoms with Gasteiger partial charge in [0, 0.05) is 13.1 Å². The number of ether oxygens (including phenoxy) is 1. The van der Waals surface area contributed by atoms with Crippen molar-refractivity contribution in [2.24, 2.45) is 0 Å². The summed E-state index contributed by atoms with van der Waals surface area (Å²) in [7, 11) is 1.63. The Morgan fingerprint density at radius 3 is 2.33 bits per heavy atom. The first-order valence-electron chi connectivity index (χ1n) is 6.88. The molecule has 0 radical (unpaired) electrons. The van der Waals surface area contributed by atoms with E-state index in [1.165, 1.54) is 5.56 Å². The maximum absolute atomic E-state index is 11.8. The summed E-state index contributed by atoms with van der Waals surface area (Å²) in [6, 6.07) is 15.5. The number of nitrogens with one attached hydrogen (secondary N) is 2. The quantitative estimate of drug-likeness (QED) is 0.886. The number of hydrogen-bond acceptors (Lipinski definition) is 2. The summed E-state index contributed by atoms with van der Waals surface area (Å²) in [6.45, 7) is 3.05. The lowest BCUT2D eigenvalue weighted by Crippen LogP contribution is -2.34. The lowest BCUT2D eigenvalue weighted by molar-refractivity contribution is 0.240. The average molecular weight is 284 g/mol. The van der Waals surface area contributed by atoms with Crippen molar-refractivity contribution in [1.29, 1.82) is 0 Å². The largest absolute Gasteiger partial charge is 0.497 e. The molecule has 0 saturated heterocycles. The first kappa shape index (κ1) is 14.9. The fourth-order valence-corrected chi connectivity index (χ4v) is 1.97. The first-order chi connectivity index (χ1) is 10.2. The van der Waals surface area contributed by atoms with Crippen molar-refractivity contribution < 1.29 is 9.53 Å². The van der Waals surface area contributed by atoms with Crippen molar-refractivity contribution in [2.75, 3.05) is 7.11 Å². The van der Waals surface area contributed by atoms with Crippen LogP contribution in [-0.4, -0.2) is 13.1 Å². The van der Waals surface area contributed by atoms with Gasteiger partial charge in [0.15, 0.2) is 0 Å². The van der Waals surface area contributed by atoms with Crippen molar-refractivity contribution in [3.63, 3.8) is 0 Å². The third-order valence-electron chi connectivity index (χ3n) is 3.31. The van der Waals surface area contributed by atoms with E-state index in [9.17, 15) is 4.79 Å². The van der Waals surface area contributed by atoms with Crippen LogP contribution in [0.4, 0.5) is 4.79 Å². The molecule has 4 heteroatoms. The number of hydrogen-bond donors (Lipinski definition) is 2. The van der Waals surface area contributed by atoms with Crippen LogP contribution in [0, 0.1) is 6.92 Å². The number of benzene rings is 2. The maximum atomic E-state index is 11.8. The lowest BCUT2D eigenvalue weighted by atomic mass is 10.1. The van der Waals surface area contributed by atoms with E-state index in [0.717, 1.165) is 16.9 Å². The van der Waals surface area contributed by atoms with Gasteiger partial charge in [0.05, 0.1) is 7.11 Å². The van der Waals surface area contributed by atoms with Crippen molar-refractivity contribution in [1.82, 2.24) is 10.6 Å². The molecule has 0 atom stereocenters. The second-order valence-corrected chi connectivity index (χ2v) is 4.81.